The molecule has 0 aliphatic rings. The number of para-hydroxylation sites is 2. The highest BCUT2D eigenvalue weighted by atomic mass is 16.1. The quantitative estimate of drug-likeness (QED) is 0.333. The van der Waals surface area contributed by atoms with Gasteiger partial charge in [0.2, 0.25) is 0 Å². The van der Waals surface area contributed by atoms with Crippen LogP contribution in [0.2, 0.25) is 0 Å². The second-order valence-corrected chi connectivity index (χ2v) is 6.14. The van der Waals surface area contributed by atoms with Crippen molar-refractivity contribution in [2.75, 3.05) is 11.1 Å². The van der Waals surface area contributed by atoms with Gasteiger partial charge in [-0.3, -0.25) is 4.79 Å². The van der Waals surface area contributed by atoms with E-state index < -0.39 is 0 Å². The van der Waals surface area contributed by atoms with Gasteiger partial charge in [-0.05, 0) is 29.8 Å². The van der Waals surface area contributed by atoms with Crippen molar-refractivity contribution in [3.05, 3.63) is 132 Å². The molecule has 0 aliphatic carbocycles. The zero-order chi connectivity index (χ0) is 20.6. The van der Waals surface area contributed by atoms with Crippen molar-refractivity contribution in [3.63, 3.8) is 0 Å². The zero-order valence-corrected chi connectivity index (χ0v) is 16.3. The van der Waals surface area contributed by atoms with Gasteiger partial charge in [-0.25, -0.2) is 0 Å². The second kappa shape index (κ2) is 13.3. The van der Waals surface area contributed by atoms with Crippen LogP contribution in [-0.2, 0) is 6.54 Å². The van der Waals surface area contributed by atoms with Gasteiger partial charge in [0.05, 0.1) is 0 Å². The van der Waals surface area contributed by atoms with Gasteiger partial charge in [0.15, 0.2) is 0 Å². The highest BCUT2D eigenvalue weighted by Crippen LogP contribution is 2.07. The summed E-state index contributed by atoms with van der Waals surface area (Å²) in [6.07, 6.45) is 0.833. The summed E-state index contributed by atoms with van der Waals surface area (Å²) in [6.45, 7) is 0.880. The van der Waals surface area contributed by atoms with E-state index in [4.69, 9.17) is 5.73 Å². The van der Waals surface area contributed by atoms with E-state index in [0.717, 1.165) is 29.8 Å². The van der Waals surface area contributed by atoms with Crippen molar-refractivity contribution in [3.8, 4) is 0 Å². The van der Waals surface area contributed by atoms with Gasteiger partial charge in [0, 0.05) is 23.5 Å². The number of nitrogens with two attached hydrogens (primary N) is 1. The second-order valence-electron chi connectivity index (χ2n) is 6.14. The topological polar surface area (TPSA) is 55.1 Å². The van der Waals surface area contributed by atoms with Crippen molar-refractivity contribution in [1.82, 2.24) is 0 Å². The molecule has 0 saturated heterocycles. The molecule has 0 saturated carbocycles. The SMILES string of the molecule is Nc1ccccc1.O=Cc1ccccc1.c1ccc(CNc2ccccc2)cc1. The summed E-state index contributed by atoms with van der Waals surface area (Å²) in [6, 6.07) is 39.2. The molecule has 0 heterocycles. The molecule has 146 valence electrons. The average molecular weight is 383 g/mol. The van der Waals surface area contributed by atoms with Crippen LogP contribution in [0.4, 0.5) is 11.4 Å². The van der Waals surface area contributed by atoms with Gasteiger partial charge < -0.3 is 11.1 Å². The van der Waals surface area contributed by atoms with E-state index in [1.807, 2.05) is 72.8 Å². The molecule has 29 heavy (non-hydrogen) atoms. The van der Waals surface area contributed by atoms with Crippen LogP contribution >= 0.6 is 0 Å². The summed E-state index contributed by atoms with van der Waals surface area (Å²) in [4.78, 5) is 10.0. The summed E-state index contributed by atoms with van der Waals surface area (Å²) < 4.78 is 0. The predicted octanol–water partition coefficient (Wildman–Crippen LogP) is 6.07. The van der Waals surface area contributed by atoms with Gasteiger partial charge in [-0.2, -0.15) is 0 Å². The van der Waals surface area contributed by atoms with Gasteiger partial charge in [-0.1, -0.05) is 97.1 Å². The maximum Gasteiger partial charge on any atom is 0.150 e. The van der Waals surface area contributed by atoms with Crippen molar-refractivity contribution in [2.24, 2.45) is 0 Å². The van der Waals surface area contributed by atoms with E-state index in [1.165, 1.54) is 5.56 Å². The average Bonchev–Trinajstić information content (AvgIpc) is 2.81. The number of benzene rings is 4. The Morgan fingerprint density at radius 3 is 1.48 bits per heavy atom. The first-order chi connectivity index (χ1) is 14.3. The normalized spacial score (nSPS) is 9.10. The van der Waals surface area contributed by atoms with Gasteiger partial charge >= 0.3 is 0 Å². The molecular formula is C26H26N2O. The minimum absolute atomic E-state index is 0.729. The predicted molar refractivity (Wildman–Crippen MR) is 123 cm³/mol. The number of anilines is 2. The number of aldehydes is 1. The number of nitrogen functional groups attached to an aromatic ring is 1. The van der Waals surface area contributed by atoms with E-state index in [9.17, 15) is 4.79 Å². The largest absolute Gasteiger partial charge is 0.399 e. The third-order valence-corrected chi connectivity index (χ3v) is 3.85. The maximum atomic E-state index is 10.0. The molecule has 4 aromatic rings. The molecule has 0 amide bonds. The van der Waals surface area contributed by atoms with Crippen LogP contribution in [0.25, 0.3) is 0 Å². The first kappa shape index (κ1) is 21.5. The van der Waals surface area contributed by atoms with Crippen LogP contribution < -0.4 is 11.1 Å². The fraction of sp³-hybridized carbons (Fsp3) is 0.0385. The van der Waals surface area contributed by atoms with Crippen molar-refractivity contribution >= 4 is 17.7 Å². The van der Waals surface area contributed by atoms with Gasteiger partial charge in [-0.15, -0.1) is 0 Å². The van der Waals surface area contributed by atoms with E-state index >= 15 is 0 Å². The third-order valence-electron chi connectivity index (χ3n) is 3.85. The van der Waals surface area contributed by atoms with Crippen LogP contribution in [0.1, 0.15) is 15.9 Å². The van der Waals surface area contributed by atoms with Crippen LogP contribution in [0, 0.1) is 0 Å². The molecule has 0 unspecified atom stereocenters. The Bertz CT molecular complexity index is 872. The number of carbonyl (C=O) groups is 1. The first-order valence-corrected chi connectivity index (χ1v) is 9.41. The molecule has 0 radical (unpaired) electrons. The lowest BCUT2D eigenvalue weighted by Gasteiger charge is -2.05. The lowest BCUT2D eigenvalue weighted by atomic mass is 10.2. The van der Waals surface area contributed by atoms with E-state index in [2.05, 4.69) is 41.7 Å². The summed E-state index contributed by atoms with van der Waals surface area (Å²) in [5.74, 6) is 0. The number of hydrogen-bond donors (Lipinski definition) is 2. The molecule has 3 nitrogen and oxygen atoms in total. The highest BCUT2D eigenvalue weighted by molar-refractivity contribution is 5.74. The lowest BCUT2D eigenvalue weighted by Crippen LogP contribution is -1.98. The molecule has 4 aromatic carbocycles. The number of carbonyl (C=O) groups excluding carboxylic acids is 1. The zero-order valence-electron chi connectivity index (χ0n) is 16.3. The Kier molecular flexibility index (Phi) is 9.87. The van der Waals surface area contributed by atoms with E-state index in [1.54, 1.807) is 12.1 Å². The van der Waals surface area contributed by atoms with Crippen LogP contribution in [0.3, 0.4) is 0 Å². The standard InChI is InChI=1S/C13H13N.C7H6O.C6H7N/c1-3-7-12(8-4-1)11-14-13-9-5-2-6-10-13;8-6-7-4-2-1-3-5-7;7-6-4-2-1-3-5-6/h1-10,14H,11H2;1-6H;1-5H,7H2. The molecule has 0 fully saturated rings. The summed E-state index contributed by atoms with van der Waals surface area (Å²) in [5, 5.41) is 3.36. The maximum absolute atomic E-state index is 10.0. The summed E-state index contributed by atoms with van der Waals surface area (Å²) in [7, 11) is 0. The van der Waals surface area contributed by atoms with Crippen molar-refractivity contribution < 1.29 is 4.79 Å². The van der Waals surface area contributed by atoms with Gasteiger partial charge in [0.25, 0.3) is 0 Å². The molecule has 0 spiro atoms. The monoisotopic (exact) mass is 382 g/mol. The smallest absolute Gasteiger partial charge is 0.150 e. The molecular weight excluding hydrogens is 356 g/mol. The fourth-order valence-electron chi connectivity index (χ4n) is 2.34. The Morgan fingerprint density at radius 2 is 1.07 bits per heavy atom. The molecule has 0 bridgehead atoms. The summed E-state index contributed by atoms with van der Waals surface area (Å²) >= 11 is 0. The Balaban J connectivity index is 0.000000170. The van der Waals surface area contributed by atoms with Crippen LogP contribution in [0.15, 0.2) is 121 Å². The molecule has 4 rings (SSSR count). The number of rotatable bonds is 4. The Morgan fingerprint density at radius 1 is 0.621 bits per heavy atom. The Labute approximate surface area is 172 Å². The van der Waals surface area contributed by atoms with Gasteiger partial charge in [0.1, 0.15) is 6.29 Å². The van der Waals surface area contributed by atoms with Crippen LogP contribution in [-0.4, -0.2) is 6.29 Å². The first-order valence-electron chi connectivity index (χ1n) is 9.41. The van der Waals surface area contributed by atoms with Crippen molar-refractivity contribution in [2.45, 2.75) is 6.54 Å². The van der Waals surface area contributed by atoms with E-state index in [-0.39, 0.29) is 0 Å². The lowest BCUT2D eigenvalue weighted by molar-refractivity contribution is 0.112. The number of hydrogen-bond acceptors (Lipinski definition) is 3. The Hall–Kier alpha value is -3.85. The van der Waals surface area contributed by atoms with Crippen LogP contribution in [0.5, 0.6) is 0 Å². The van der Waals surface area contributed by atoms with E-state index in [0.29, 0.717) is 0 Å². The fourth-order valence-corrected chi connectivity index (χ4v) is 2.34. The minimum Gasteiger partial charge on any atom is -0.399 e. The molecule has 3 N–H and O–H groups in total. The minimum atomic E-state index is 0.729. The molecule has 0 atom stereocenters. The molecule has 0 aliphatic heterocycles. The number of nitrogens with one attached hydrogen (secondary N) is 1. The molecule has 3 heteroatoms. The summed E-state index contributed by atoms with van der Waals surface area (Å²) in [5.41, 5.74) is 9.37. The molecule has 0 aromatic heterocycles. The van der Waals surface area contributed by atoms with Crippen molar-refractivity contribution in [1.29, 1.82) is 0 Å². The highest BCUT2D eigenvalue weighted by Gasteiger charge is 1.90. The third kappa shape index (κ3) is 9.59.